The average molecular weight is 305 g/mol. The molecule has 0 saturated carbocycles. The summed E-state index contributed by atoms with van der Waals surface area (Å²) in [6, 6.07) is -1.40. The molecule has 2 N–H and O–H groups in total. The summed E-state index contributed by atoms with van der Waals surface area (Å²) < 4.78 is 23.4. The fourth-order valence-corrected chi connectivity index (χ4v) is 5.41. The first-order chi connectivity index (χ1) is 8.96. The summed E-state index contributed by atoms with van der Waals surface area (Å²) in [5.41, 5.74) is 0. The van der Waals surface area contributed by atoms with Crippen LogP contribution in [0.3, 0.4) is 0 Å². The molecule has 0 spiro atoms. The third-order valence-corrected chi connectivity index (χ3v) is 7.24. The number of carboxylic acid groups (broad SMARTS) is 1. The van der Waals surface area contributed by atoms with Crippen molar-refractivity contribution in [1.82, 2.24) is 4.90 Å². The zero-order valence-electron chi connectivity index (χ0n) is 11.8. The highest BCUT2D eigenvalue weighted by atomic mass is 32.2. The van der Waals surface area contributed by atoms with E-state index in [-0.39, 0.29) is 5.92 Å². The number of aliphatic hydroxyl groups is 1. The van der Waals surface area contributed by atoms with Gasteiger partial charge in [-0.2, -0.15) is 0 Å². The number of nitrogens with zero attached hydrogens (tertiary/aromatic N) is 1. The third kappa shape index (κ3) is 1.57. The molecule has 2 aliphatic rings. The Morgan fingerprint density at radius 3 is 2.25 bits per heavy atom. The molecule has 2 heterocycles. The molecule has 2 fully saturated rings. The van der Waals surface area contributed by atoms with Gasteiger partial charge in [0.2, 0.25) is 5.91 Å². The van der Waals surface area contributed by atoms with Crippen LogP contribution in [0.15, 0.2) is 0 Å². The molecule has 0 aromatic heterocycles. The maximum atomic E-state index is 12.5. The van der Waals surface area contributed by atoms with Gasteiger partial charge in [0.25, 0.3) is 0 Å². The molecule has 8 heteroatoms. The molecule has 0 aliphatic carbocycles. The lowest BCUT2D eigenvalue weighted by molar-refractivity contribution is -0.170. The van der Waals surface area contributed by atoms with Crippen LogP contribution in [0.2, 0.25) is 0 Å². The molecule has 114 valence electrons. The van der Waals surface area contributed by atoms with Gasteiger partial charge in [-0.15, -0.1) is 0 Å². The van der Waals surface area contributed by atoms with Crippen molar-refractivity contribution in [3.63, 3.8) is 0 Å². The Kier molecular flexibility index (Phi) is 3.18. The predicted molar refractivity (Wildman–Crippen MR) is 69.4 cm³/mol. The summed E-state index contributed by atoms with van der Waals surface area (Å²) in [5.74, 6) is -3.29. The number of hydrogen-bond donors (Lipinski definition) is 2. The second-order valence-corrected chi connectivity index (χ2v) is 8.91. The van der Waals surface area contributed by atoms with Gasteiger partial charge in [0.1, 0.15) is 11.4 Å². The van der Waals surface area contributed by atoms with Crippen LogP contribution in [0, 0.1) is 11.8 Å². The SMILES string of the molecule is CC(C)[C@@H](O)[C@@H]1C(=O)N2[C@@H](C(=O)O)C(C)(C)S(=O)(=O)[C@H]12. The fraction of sp³-hybridized carbons (Fsp3) is 0.833. The van der Waals surface area contributed by atoms with Crippen LogP contribution in [-0.2, 0) is 19.4 Å². The van der Waals surface area contributed by atoms with Gasteiger partial charge in [-0.05, 0) is 19.8 Å². The average Bonchev–Trinajstić information content (AvgIpc) is 2.43. The molecule has 0 unspecified atom stereocenters. The highest BCUT2D eigenvalue weighted by Crippen LogP contribution is 2.50. The molecule has 2 rings (SSSR count). The van der Waals surface area contributed by atoms with Gasteiger partial charge in [-0.1, -0.05) is 13.8 Å². The lowest BCUT2D eigenvalue weighted by Gasteiger charge is -2.45. The topological polar surface area (TPSA) is 112 Å². The Bertz CT molecular complexity index is 566. The summed E-state index contributed by atoms with van der Waals surface area (Å²) in [4.78, 5) is 24.3. The number of carboxylic acids is 1. The molecule has 0 bridgehead atoms. The highest BCUT2D eigenvalue weighted by molar-refractivity contribution is 7.93. The second kappa shape index (κ2) is 4.17. The predicted octanol–water partition coefficient (Wildman–Crippen LogP) is -0.552. The number of fused-ring (bicyclic) bond motifs is 1. The van der Waals surface area contributed by atoms with E-state index in [0.29, 0.717) is 0 Å². The summed E-state index contributed by atoms with van der Waals surface area (Å²) in [6.45, 7) is 5.99. The molecular formula is C12H19NO6S. The molecule has 0 aromatic carbocycles. The maximum Gasteiger partial charge on any atom is 0.328 e. The standard InChI is InChI=1S/C12H19NO6S/c1-5(2)7(14)6-9(15)13-8(11(16)17)12(3,4)20(18,19)10(6)13/h5-8,10,14H,1-4H3,(H,16,17)/t6-,7-,8+,10-/m1/s1. The first-order valence-corrected chi connectivity index (χ1v) is 7.97. The minimum Gasteiger partial charge on any atom is -0.480 e. The van der Waals surface area contributed by atoms with Crippen molar-refractivity contribution < 1.29 is 28.2 Å². The van der Waals surface area contributed by atoms with E-state index in [1.165, 1.54) is 13.8 Å². The number of aliphatic carboxylic acids is 1. The van der Waals surface area contributed by atoms with Crippen molar-refractivity contribution in [3.8, 4) is 0 Å². The molecule has 4 atom stereocenters. The van der Waals surface area contributed by atoms with Gasteiger partial charge in [0.15, 0.2) is 9.84 Å². The van der Waals surface area contributed by atoms with Crippen molar-refractivity contribution in [2.45, 2.75) is 50.0 Å². The Hall–Kier alpha value is -1.15. The molecule has 0 radical (unpaired) electrons. The molecular weight excluding hydrogens is 286 g/mol. The Morgan fingerprint density at radius 2 is 1.85 bits per heavy atom. The van der Waals surface area contributed by atoms with E-state index in [1.807, 2.05) is 0 Å². The Balaban J connectivity index is 2.50. The van der Waals surface area contributed by atoms with Gasteiger partial charge in [-0.25, -0.2) is 13.2 Å². The van der Waals surface area contributed by atoms with Crippen LogP contribution >= 0.6 is 0 Å². The van der Waals surface area contributed by atoms with Crippen molar-refractivity contribution in [1.29, 1.82) is 0 Å². The van der Waals surface area contributed by atoms with Crippen molar-refractivity contribution in [3.05, 3.63) is 0 Å². The largest absolute Gasteiger partial charge is 0.480 e. The van der Waals surface area contributed by atoms with Gasteiger partial charge in [0.05, 0.1) is 16.8 Å². The van der Waals surface area contributed by atoms with Gasteiger partial charge in [-0.3, -0.25) is 4.79 Å². The first kappa shape index (κ1) is 15.2. The van der Waals surface area contributed by atoms with Crippen LogP contribution in [0.25, 0.3) is 0 Å². The monoisotopic (exact) mass is 305 g/mol. The number of β-lactam (4-membered cyclic amide) rings is 1. The summed E-state index contributed by atoms with van der Waals surface area (Å²) >= 11 is 0. The quantitative estimate of drug-likeness (QED) is 0.677. The van der Waals surface area contributed by atoms with Crippen molar-refractivity contribution >= 4 is 21.7 Å². The van der Waals surface area contributed by atoms with Crippen molar-refractivity contribution in [2.24, 2.45) is 11.8 Å². The van der Waals surface area contributed by atoms with Crippen LogP contribution < -0.4 is 0 Å². The molecule has 7 nitrogen and oxygen atoms in total. The van der Waals surface area contributed by atoms with E-state index in [2.05, 4.69) is 0 Å². The second-order valence-electron chi connectivity index (χ2n) is 6.29. The molecule has 0 aromatic rings. The highest BCUT2D eigenvalue weighted by Gasteiger charge is 2.73. The van der Waals surface area contributed by atoms with E-state index in [9.17, 15) is 28.2 Å². The molecule has 1 amide bonds. The number of carbonyl (C=O) groups excluding carboxylic acids is 1. The molecule has 20 heavy (non-hydrogen) atoms. The molecule has 2 aliphatic heterocycles. The fourth-order valence-electron chi connectivity index (χ4n) is 3.07. The maximum absolute atomic E-state index is 12.5. The van der Waals surface area contributed by atoms with Crippen LogP contribution in [0.5, 0.6) is 0 Å². The minimum absolute atomic E-state index is 0.284. The molecule has 2 saturated heterocycles. The smallest absolute Gasteiger partial charge is 0.328 e. The number of hydrogen-bond acceptors (Lipinski definition) is 5. The summed E-state index contributed by atoms with van der Waals surface area (Å²) in [7, 11) is -3.86. The van der Waals surface area contributed by atoms with E-state index < -0.39 is 49.9 Å². The number of amides is 1. The van der Waals surface area contributed by atoms with Gasteiger partial charge in [0, 0.05) is 0 Å². The lowest BCUT2D eigenvalue weighted by Crippen LogP contribution is -2.67. The van der Waals surface area contributed by atoms with E-state index in [4.69, 9.17) is 0 Å². The van der Waals surface area contributed by atoms with Crippen LogP contribution in [0.1, 0.15) is 27.7 Å². The van der Waals surface area contributed by atoms with Crippen LogP contribution in [-0.4, -0.2) is 57.7 Å². The normalized spacial score (nSPS) is 35.6. The van der Waals surface area contributed by atoms with Gasteiger partial charge >= 0.3 is 5.97 Å². The Morgan fingerprint density at radius 1 is 1.35 bits per heavy atom. The minimum atomic E-state index is -3.86. The van der Waals surface area contributed by atoms with E-state index >= 15 is 0 Å². The Labute approximate surface area is 117 Å². The summed E-state index contributed by atoms with van der Waals surface area (Å²) in [5, 5.41) is 18.0. The van der Waals surface area contributed by atoms with Gasteiger partial charge < -0.3 is 15.1 Å². The van der Waals surface area contributed by atoms with Crippen molar-refractivity contribution in [2.75, 3.05) is 0 Å². The first-order valence-electron chi connectivity index (χ1n) is 6.42. The number of rotatable bonds is 3. The summed E-state index contributed by atoms with van der Waals surface area (Å²) in [6.07, 6.45) is -1.10. The zero-order valence-corrected chi connectivity index (χ0v) is 12.6. The van der Waals surface area contributed by atoms with E-state index in [1.54, 1.807) is 13.8 Å². The van der Waals surface area contributed by atoms with E-state index in [0.717, 1.165) is 4.90 Å². The van der Waals surface area contributed by atoms with Crippen LogP contribution in [0.4, 0.5) is 0 Å². The number of aliphatic hydroxyl groups excluding tert-OH is 1. The number of sulfone groups is 1. The zero-order chi connectivity index (χ0) is 15.6. The lowest BCUT2D eigenvalue weighted by atomic mass is 9.83. The number of carbonyl (C=O) groups is 2. The third-order valence-electron chi connectivity index (χ3n) is 4.39.